The number of carbonyl (C=O) groups is 1. The maximum atomic E-state index is 11.1. The molecule has 0 amide bonds. The van der Waals surface area contributed by atoms with Crippen molar-refractivity contribution < 1.29 is 9.90 Å². The van der Waals surface area contributed by atoms with E-state index in [1.165, 1.54) is 17.5 Å². The van der Waals surface area contributed by atoms with Crippen LogP contribution in [-0.4, -0.2) is 24.2 Å². The highest BCUT2D eigenvalue weighted by atomic mass is 16.3. The SMILES string of the molecule is C=C(O)c1ccc(C(=N)c2cc3c(cc2N(C)c2ccc(C=O)cc2)C(C)(C)CCC3C)cc1.CC.CCC. The van der Waals surface area contributed by atoms with Gasteiger partial charge in [0.05, 0.1) is 11.4 Å². The summed E-state index contributed by atoms with van der Waals surface area (Å²) in [5, 5.41) is 18.8. The number of anilines is 2. The average molecular weight is 527 g/mol. The van der Waals surface area contributed by atoms with E-state index in [0.29, 0.717) is 22.8 Å². The van der Waals surface area contributed by atoms with Crippen molar-refractivity contribution in [3.05, 3.63) is 101 Å². The van der Waals surface area contributed by atoms with Crippen LogP contribution in [0.5, 0.6) is 0 Å². The Morgan fingerprint density at radius 2 is 1.59 bits per heavy atom. The Morgan fingerprint density at radius 1 is 1.05 bits per heavy atom. The van der Waals surface area contributed by atoms with Gasteiger partial charge in [-0.25, -0.2) is 0 Å². The lowest BCUT2D eigenvalue weighted by Crippen LogP contribution is -2.27. The van der Waals surface area contributed by atoms with E-state index < -0.39 is 0 Å². The summed E-state index contributed by atoms with van der Waals surface area (Å²) in [5.41, 5.74) is 7.96. The van der Waals surface area contributed by atoms with Crippen LogP contribution >= 0.6 is 0 Å². The molecule has 4 nitrogen and oxygen atoms in total. The van der Waals surface area contributed by atoms with E-state index in [4.69, 9.17) is 5.41 Å². The standard InChI is InChI=1S/C30H32N2O2.C3H8.C2H6/c1-19-14-15-30(3,4)27-17-28(32(5)24-12-6-21(18-33)7-13-24)26(16-25(19)27)29(31)23-10-8-22(9-11-23)20(2)34;1-3-2;1-2/h6-13,16-19,31,34H,2,14-15H2,1,3-5H3;3H2,1-2H3;1-2H3. The van der Waals surface area contributed by atoms with Crippen molar-refractivity contribution in [1.82, 2.24) is 0 Å². The molecule has 1 atom stereocenters. The van der Waals surface area contributed by atoms with Gasteiger partial charge in [-0.3, -0.25) is 10.2 Å². The molecule has 4 heteroatoms. The second-order valence-electron chi connectivity index (χ2n) is 10.7. The molecule has 1 aliphatic carbocycles. The molecule has 0 aromatic heterocycles. The molecule has 208 valence electrons. The zero-order valence-corrected chi connectivity index (χ0v) is 25.1. The average Bonchev–Trinajstić information content (AvgIpc) is 2.95. The Kier molecular flexibility index (Phi) is 11.3. The first-order valence-electron chi connectivity index (χ1n) is 14.1. The highest BCUT2D eigenvalue weighted by Crippen LogP contribution is 2.45. The third kappa shape index (κ3) is 7.26. The molecule has 0 radical (unpaired) electrons. The van der Waals surface area contributed by atoms with Crippen LogP contribution in [0, 0.1) is 5.41 Å². The smallest absolute Gasteiger partial charge is 0.150 e. The summed E-state index contributed by atoms with van der Waals surface area (Å²) in [4.78, 5) is 13.2. The van der Waals surface area contributed by atoms with Crippen LogP contribution in [0.1, 0.15) is 112 Å². The van der Waals surface area contributed by atoms with Crippen LogP contribution < -0.4 is 4.90 Å². The van der Waals surface area contributed by atoms with Crippen LogP contribution in [0.15, 0.2) is 67.2 Å². The fraction of sp³-hybridized carbons (Fsp3) is 0.371. The van der Waals surface area contributed by atoms with Gasteiger partial charge in [0.25, 0.3) is 0 Å². The number of rotatable bonds is 6. The summed E-state index contributed by atoms with van der Waals surface area (Å²) in [5.74, 6) is 0.447. The summed E-state index contributed by atoms with van der Waals surface area (Å²) in [6.07, 6.45) is 4.35. The maximum Gasteiger partial charge on any atom is 0.150 e. The summed E-state index contributed by atoms with van der Waals surface area (Å²) in [7, 11) is 2.01. The van der Waals surface area contributed by atoms with Crippen LogP contribution in [0.25, 0.3) is 5.76 Å². The molecule has 1 unspecified atom stereocenters. The lowest BCUT2D eigenvalue weighted by molar-refractivity contribution is 0.112. The van der Waals surface area contributed by atoms with Crippen molar-refractivity contribution in [3.8, 4) is 0 Å². The molecule has 3 aromatic rings. The first-order chi connectivity index (χ1) is 18.5. The summed E-state index contributed by atoms with van der Waals surface area (Å²) in [6.45, 7) is 18.7. The first kappa shape index (κ1) is 31.6. The number of hydrogen-bond acceptors (Lipinski definition) is 4. The van der Waals surface area contributed by atoms with Gasteiger partial charge in [-0.2, -0.15) is 0 Å². The van der Waals surface area contributed by atoms with Gasteiger partial charge in [0, 0.05) is 35.0 Å². The minimum Gasteiger partial charge on any atom is -0.508 e. The molecule has 0 saturated heterocycles. The third-order valence-electron chi connectivity index (χ3n) is 7.18. The summed E-state index contributed by atoms with van der Waals surface area (Å²) >= 11 is 0. The molecule has 0 fully saturated rings. The van der Waals surface area contributed by atoms with Crippen LogP contribution in [0.2, 0.25) is 0 Å². The van der Waals surface area contributed by atoms with Gasteiger partial charge in [-0.15, -0.1) is 0 Å². The number of aldehydes is 1. The fourth-order valence-electron chi connectivity index (χ4n) is 4.84. The second-order valence-corrected chi connectivity index (χ2v) is 10.7. The second kappa shape index (κ2) is 13.9. The highest BCUT2D eigenvalue weighted by molar-refractivity contribution is 6.14. The van der Waals surface area contributed by atoms with Crippen LogP contribution in [-0.2, 0) is 5.41 Å². The Labute approximate surface area is 235 Å². The molecule has 4 rings (SSSR count). The molecule has 3 aromatic carbocycles. The molecule has 0 heterocycles. The number of benzene rings is 3. The lowest BCUT2D eigenvalue weighted by atomic mass is 9.68. The van der Waals surface area contributed by atoms with E-state index in [-0.39, 0.29) is 11.2 Å². The predicted molar refractivity (Wildman–Crippen MR) is 168 cm³/mol. The molecule has 1 aliphatic rings. The van der Waals surface area contributed by atoms with E-state index in [1.807, 2.05) is 57.3 Å². The maximum absolute atomic E-state index is 11.1. The zero-order chi connectivity index (χ0) is 29.3. The lowest BCUT2D eigenvalue weighted by Gasteiger charge is -2.38. The number of aliphatic hydroxyl groups is 1. The number of fused-ring (bicyclic) bond motifs is 1. The van der Waals surface area contributed by atoms with Gasteiger partial charge in [0.1, 0.15) is 12.0 Å². The van der Waals surface area contributed by atoms with Gasteiger partial charge < -0.3 is 10.0 Å². The summed E-state index contributed by atoms with van der Waals surface area (Å²) in [6, 6.07) is 19.3. The highest BCUT2D eigenvalue weighted by Gasteiger charge is 2.33. The van der Waals surface area contributed by atoms with Crippen molar-refractivity contribution in [2.75, 3.05) is 11.9 Å². The van der Waals surface area contributed by atoms with Gasteiger partial charge in [0.15, 0.2) is 0 Å². The summed E-state index contributed by atoms with van der Waals surface area (Å²) < 4.78 is 0. The normalized spacial score (nSPS) is 14.9. The number of hydrogen-bond donors (Lipinski definition) is 2. The number of nitrogens with one attached hydrogen (secondary N) is 1. The molecular weight excluding hydrogens is 480 g/mol. The van der Waals surface area contributed by atoms with Gasteiger partial charge in [-0.05, 0) is 71.7 Å². The first-order valence-corrected chi connectivity index (χ1v) is 14.1. The van der Waals surface area contributed by atoms with E-state index >= 15 is 0 Å². The van der Waals surface area contributed by atoms with Crippen LogP contribution in [0.4, 0.5) is 11.4 Å². The van der Waals surface area contributed by atoms with Crippen molar-refractivity contribution >= 4 is 29.1 Å². The minimum atomic E-state index is 0.0158. The van der Waals surface area contributed by atoms with Gasteiger partial charge >= 0.3 is 0 Å². The Balaban J connectivity index is 0.000000998. The van der Waals surface area contributed by atoms with Crippen LogP contribution in [0.3, 0.4) is 0 Å². The van der Waals surface area contributed by atoms with E-state index in [0.717, 1.165) is 41.6 Å². The van der Waals surface area contributed by atoms with Gasteiger partial charge in [-0.1, -0.05) is 85.7 Å². The van der Waals surface area contributed by atoms with E-state index in [1.54, 1.807) is 12.1 Å². The third-order valence-corrected chi connectivity index (χ3v) is 7.18. The van der Waals surface area contributed by atoms with Crippen molar-refractivity contribution in [2.24, 2.45) is 0 Å². The molecule has 0 saturated carbocycles. The van der Waals surface area contributed by atoms with E-state index in [9.17, 15) is 9.90 Å². The Morgan fingerprint density at radius 3 is 2.10 bits per heavy atom. The molecule has 39 heavy (non-hydrogen) atoms. The molecule has 2 N–H and O–H groups in total. The fourth-order valence-corrected chi connectivity index (χ4v) is 4.84. The van der Waals surface area contributed by atoms with E-state index in [2.05, 4.69) is 58.2 Å². The van der Waals surface area contributed by atoms with Gasteiger partial charge in [0.2, 0.25) is 0 Å². The topological polar surface area (TPSA) is 64.4 Å². The largest absolute Gasteiger partial charge is 0.508 e. The molecular formula is C35H46N2O2. The van der Waals surface area contributed by atoms with Crippen molar-refractivity contribution in [1.29, 1.82) is 5.41 Å². The number of aliphatic hydroxyl groups excluding tert-OH is 1. The minimum absolute atomic E-state index is 0.0158. The number of nitrogens with zero attached hydrogens (tertiary/aromatic N) is 1. The zero-order valence-electron chi connectivity index (χ0n) is 25.1. The number of carbonyl (C=O) groups excluding carboxylic acids is 1. The molecule has 0 aliphatic heterocycles. The van der Waals surface area contributed by atoms with Crippen molar-refractivity contribution in [2.45, 2.75) is 79.1 Å². The predicted octanol–water partition coefficient (Wildman–Crippen LogP) is 9.83. The Bertz CT molecular complexity index is 1270. The monoisotopic (exact) mass is 526 g/mol. The Hall–Kier alpha value is -3.66. The quantitative estimate of drug-likeness (QED) is 0.191. The molecule has 0 spiro atoms. The van der Waals surface area contributed by atoms with Crippen molar-refractivity contribution in [3.63, 3.8) is 0 Å². The molecule has 0 bridgehead atoms.